The highest BCUT2D eigenvalue weighted by Gasteiger charge is 2.16. The lowest BCUT2D eigenvalue weighted by Gasteiger charge is -2.19. The molecule has 94 valence electrons. The fourth-order valence-electron chi connectivity index (χ4n) is 2.13. The molecule has 0 fully saturated rings. The molecule has 1 N–H and O–H groups in total. The van der Waals surface area contributed by atoms with E-state index in [0.29, 0.717) is 0 Å². The molecule has 0 bridgehead atoms. The van der Waals surface area contributed by atoms with Crippen LogP contribution in [-0.2, 0) is 6.42 Å². The Morgan fingerprint density at radius 3 is 2.44 bits per heavy atom. The normalized spacial score (nSPS) is 14.2. The minimum atomic E-state index is -0.437. The van der Waals surface area contributed by atoms with Gasteiger partial charge in [0.1, 0.15) is 0 Å². The molecular weight excluding hydrogens is 222 g/mol. The molecule has 1 aromatic heterocycles. The lowest BCUT2D eigenvalue weighted by molar-refractivity contribution is 0.117. The zero-order chi connectivity index (χ0) is 13.0. The third kappa shape index (κ3) is 3.17. The summed E-state index contributed by atoms with van der Waals surface area (Å²) >= 11 is 0. The summed E-state index contributed by atoms with van der Waals surface area (Å²) in [6.07, 6.45) is 0.353. The highest BCUT2D eigenvalue weighted by molar-refractivity contribution is 5.19. The molecule has 2 aromatic rings. The Bertz CT molecular complexity index is 495. The molecular formula is C16H19NO. The second-order valence-electron chi connectivity index (χ2n) is 4.81. The Hall–Kier alpha value is -1.67. The van der Waals surface area contributed by atoms with Crippen molar-refractivity contribution < 1.29 is 5.11 Å². The van der Waals surface area contributed by atoms with E-state index in [9.17, 15) is 5.11 Å². The molecule has 0 saturated heterocycles. The van der Waals surface area contributed by atoms with Gasteiger partial charge in [-0.15, -0.1) is 0 Å². The molecule has 0 radical (unpaired) electrons. The molecule has 0 saturated carbocycles. The smallest absolute Gasteiger partial charge is 0.0819 e. The van der Waals surface area contributed by atoms with E-state index in [1.807, 2.05) is 55.5 Å². The Kier molecular flexibility index (Phi) is 4.11. The summed E-state index contributed by atoms with van der Waals surface area (Å²) in [5.74, 6) is 0.154. The molecule has 2 heteroatoms. The minimum absolute atomic E-state index is 0.154. The van der Waals surface area contributed by atoms with Crippen LogP contribution in [0.5, 0.6) is 0 Å². The molecule has 0 amide bonds. The van der Waals surface area contributed by atoms with Crippen molar-refractivity contribution in [2.45, 2.75) is 26.4 Å². The molecule has 0 aliphatic carbocycles. The van der Waals surface area contributed by atoms with E-state index >= 15 is 0 Å². The first-order chi connectivity index (χ1) is 8.66. The van der Waals surface area contributed by atoms with Crippen molar-refractivity contribution in [3.05, 3.63) is 65.5 Å². The Labute approximate surface area is 108 Å². The first-order valence-electron chi connectivity index (χ1n) is 6.32. The largest absolute Gasteiger partial charge is 0.388 e. The van der Waals surface area contributed by atoms with Crippen LogP contribution in [-0.4, -0.2) is 10.1 Å². The monoisotopic (exact) mass is 241 g/mol. The summed E-state index contributed by atoms with van der Waals surface area (Å²) in [5.41, 5.74) is 3.03. The summed E-state index contributed by atoms with van der Waals surface area (Å²) in [4.78, 5) is 4.48. The molecule has 0 spiro atoms. The number of rotatable bonds is 4. The SMILES string of the molecule is Cc1cccc(CC(C)C(O)c2ccccc2)n1. The van der Waals surface area contributed by atoms with Gasteiger partial charge < -0.3 is 5.11 Å². The van der Waals surface area contributed by atoms with Gasteiger partial charge in [0.25, 0.3) is 0 Å². The van der Waals surface area contributed by atoms with Gasteiger partial charge in [-0.25, -0.2) is 0 Å². The van der Waals surface area contributed by atoms with Crippen LogP contribution >= 0.6 is 0 Å². The average molecular weight is 241 g/mol. The predicted molar refractivity (Wildman–Crippen MR) is 73.2 cm³/mol. The molecule has 2 rings (SSSR count). The van der Waals surface area contributed by atoms with E-state index in [4.69, 9.17) is 0 Å². The molecule has 0 aliphatic heterocycles. The fraction of sp³-hybridized carbons (Fsp3) is 0.312. The van der Waals surface area contributed by atoms with Crippen LogP contribution in [0.1, 0.15) is 30.0 Å². The Morgan fingerprint density at radius 1 is 1.06 bits per heavy atom. The van der Waals surface area contributed by atoms with Crippen LogP contribution in [0.3, 0.4) is 0 Å². The third-order valence-electron chi connectivity index (χ3n) is 3.16. The lowest BCUT2D eigenvalue weighted by Crippen LogP contribution is -2.12. The number of pyridine rings is 1. The second-order valence-corrected chi connectivity index (χ2v) is 4.81. The van der Waals surface area contributed by atoms with Crippen molar-refractivity contribution in [1.82, 2.24) is 4.98 Å². The van der Waals surface area contributed by atoms with Gasteiger partial charge in [0, 0.05) is 11.4 Å². The van der Waals surface area contributed by atoms with Crippen LogP contribution in [0.25, 0.3) is 0 Å². The van der Waals surface area contributed by atoms with Gasteiger partial charge in [0.05, 0.1) is 6.10 Å². The van der Waals surface area contributed by atoms with Crippen LogP contribution in [0, 0.1) is 12.8 Å². The zero-order valence-electron chi connectivity index (χ0n) is 10.9. The number of hydrogen-bond donors (Lipinski definition) is 1. The number of benzene rings is 1. The number of aromatic nitrogens is 1. The number of hydrogen-bond acceptors (Lipinski definition) is 2. The van der Waals surface area contributed by atoms with E-state index in [1.165, 1.54) is 0 Å². The van der Waals surface area contributed by atoms with Gasteiger partial charge in [0.2, 0.25) is 0 Å². The predicted octanol–water partition coefficient (Wildman–Crippen LogP) is 3.30. The van der Waals surface area contributed by atoms with E-state index in [-0.39, 0.29) is 5.92 Å². The summed E-state index contributed by atoms with van der Waals surface area (Å²) in [7, 11) is 0. The van der Waals surface area contributed by atoms with Gasteiger partial charge in [0.15, 0.2) is 0 Å². The summed E-state index contributed by atoms with van der Waals surface area (Å²) in [6.45, 7) is 4.05. The zero-order valence-corrected chi connectivity index (χ0v) is 10.9. The molecule has 1 heterocycles. The molecule has 2 unspecified atom stereocenters. The van der Waals surface area contributed by atoms with Crippen LogP contribution < -0.4 is 0 Å². The summed E-state index contributed by atoms with van der Waals surface area (Å²) in [6, 6.07) is 15.8. The summed E-state index contributed by atoms with van der Waals surface area (Å²) in [5, 5.41) is 10.3. The number of aliphatic hydroxyl groups is 1. The van der Waals surface area contributed by atoms with Crippen LogP contribution in [0.2, 0.25) is 0 Å². The quantitative estimate of drug-likeness (QED) is 0.891. The standard InChI is InChI=1S/C16H19NO/c1-12(11-15-10-6-7-13(2)17-15)16(18)14-8-4-3-5-9-14/h3-10,12,16,18H,11H2,1-2H3. The van der Waals surface area contributed by atoms with Crippen molar-refractivity contribution in [3.8, 4) is 0 Å². The number of nitrogens with zero attached hydrogens (tertiary/aromatic N) is 1. The minimum Gasteiger partial charge on any atom is -0.388 e. The van der Waals surface area contributed by atoms with Gasteiger partial charge in [-0.3, -0.25) is 4.98 Å². The number of aliphatic hydroxyl groups excluding tert-OH is 1. The van der Waals surface area contributed by atoms with Gasteiger partial charge in [-0.05, 0) is 37.0 Å². The van der Waals surface area contributed by atoms with Crippen molar-refractivity contribution in [2.24, 2.45) is 5.92 Å². The van der Waals surface area contributed by atoms with Crippen LogP contribution in [0.4, 0.5) is 0 Å². The van der Waals surface area contributed by atoms with E-state index < -0.39 is 6.10 Å². The lowest BCUT2D eigenvalue weighted by atomic mass is 9.93. The molecule has 2 atom stereocenters. The number of aryl methyl sites for hydroxylation is 1. The maximum Gasteiger partial charge on any atom is 0.0819 e. The van der Waals surface area contributed by atoms with Gasteiger partial charge >= 0.3 is 0 Å². The maximum absolute atomic E-state index is 10.3. The first kappa shape index (κ1) is 12.8. The molecule has 18 heavy (non-hydrogen) atoms. The fourth-order valence-corrected chi connectivity index (χ4v) is 2.13. The Morgan fingerprint density at radius 2 is 1.78 bits per heavy atom. The third-order valence-corrected chi connectivity index (χ3v) is 3.16. The van der Waals surface area contributed by atoms with Crippen molar-refractivity contribution >= 4 is 0 Å². The van der Waals surface area contributed by atoms with E-state index in [1.54, 1.807) is 0 Å². The topological polar surface area (TPSA) is 33.1 Å². The highest BCUT2D eigenvalue weighted by atomic mass is 16.3. The second kappa shape index (κ2) is 5.78. The van der Waals surface area contributed by atoms with Gasteiger partial charge in [-0.1, -0.05) is 43.3 Å². The average Bonchev–Trinajstić information content (AvgIpc) is 2.39. The van der Waals surface area contributed by atoms with E-state index in [2.05, 4.69) is 11.9 Å². The molecule has 1 aromatic carbocycles. The molecule has 0 aliphatic rings. The van der Waals surface area contributed by atoms with E-state index in [0.717, 1.165) is 23.4 Å². The van der Waals surface area contributed by atoms with Crippen molar-refractivity contribution in [3.63, 3.8) is 0 Å². The maximum atomic E-state index is 10.3. The van der Waals surface area contributed by atoms with Crippen molar-refractivity contribution in [1.29, 1.82) is 0 Å². The van der Waals surface area contributed by atoms with Crippen LogP contribution in [0.15, 0.2) is 48.5 Å². The van der Waals surface area contributed by atoms with Gasteiger partial charge in [-0.2, -0.15) is 0 Å². The molecule has 2 nitrogen and oxygen atoms in total. The summed E-state index contributed by atoms with van der Waals surface area (Å²) < 4.78 is 0. The first-order valence-corrected chi connectivity index (χ1v) is 6.32. The Balaban J connectivity index is 2.06. The highest BCUT2D eigenvalue weighted by Crippen LogP contribution is 2.24. The van der Waals surface area contributed by atoms with Crippen molar-refractivity contribution in [2.75, 3.05) is 0 Å².